The molecule has 0 N–H and O–H groups in total. The number of urea groups is 1. The predicted molar refractivity (Wildman–Crippen MR) is 86.6 cm³/mol. The fourth-order valence-electron chi connectivity index (χ4n) is 3.63. The van der Waals surface area contributed by atoms with Gasteiger partial charge in [0.25, 0.3) is 5.91 Å². The first-order valence-electron chi connectivity index (χ1n) is 8.18. The van der Waals surface area contributed by atoms with Crippen molar-refractivity contribution >= 4 is 11.9 Å². The van der Waals surface area contributed by atoms with Crippen LogP contribution in [0, 0.1) is 0 Å². The molecule has 1 spiro atoms. The van der Waals surface area contributed by atoms with E-state index >= 15 is 0 Å². The Morgan fingerprint density at radius 3 is 2.30 bits per heavy atom. The summed E-state index contributed by atoms with van der Waals surface area (Å²) in [6, 6.07) is 3.78. The summed E-state index contributed by atoms with van der Waals surface area (Å²) in [5, 5.41) is 0. The Morgan fingerprint density at radius 1 is 1.17 bits per heavy atom. The van der Waals surface area contributed by atoms with Crippen molar-refractivity contribution in [3.8, 4) is 0 Å². The zero-order chi connectivity index (χ0) is 16.6. The molecule has 0 bridgehead atoms. The van der Waals surface area contributed by atoms with Crippen LogP contribution >= 0.6 is 0 Å². The van der Waals surface area contributed by atoms with E-state index in [2.05, 4.69) is 9.88 Å². The summed E-state index contributed by atoms with van der Waals surface area (Å²) in [6.45, 7) is 6.27. The topological polar surface area (TPSA) is 56.8 Å². The summed E-state index contributed by atoms with van der Waals surface area (Å²) in [4.78, 5) is 34.7. The van der Waals surface area contributed by atoms with Crippen molar-refractivity contribution in [1.29, 1.82) is 0 Å². The van der Waals surface area contributed by atoms with Crippen LogP contribution in [0.2, 0.25) is 0 Å². The Hall–Kier alpha value is -1.95. The summed E-state index contributed by atoms with van der Waals surface area (Å²) >= 11 is 0. The summed E-state index contributed by atoms with van der Waals surface area (Å²) in [5.41, 5.74) is 0.581. The Bertz CT molecular complexity index is 594. The molecule has 0 aromatic carbocycles. The smallest absolute Gasteiger partial charge is 0.312 e. The molecule has 0 saturated carbocycles. The van der Waals surface area contributed by atoms with Gasteiger partial charge in [-0.2, -0.15) is 0 Å². The third-order valence-corrected chi connectivity index (χ3v) is 5.11. The molecule has 23 heavy (non-hydrogen) atoms. The number of imide groups is 1. The Morgan fingerprint density at radius 2 is 1.78 bits per heavy atom. The van der Waals surface area contributed by atoms with Gasteiger partial charge in [-0.05, 0) is 44.4 Å². The highest BCUT2D eigenvalue weighted by atomic mass is 16.2. The number of amides is 3. The van der Waals surface area contributed by atoms with Gasteiger partial charge in [0.15, 0.2) is 0 Å². The molecule has 0 radical (unpaired) electrons. The van der Waals surface area contributed by atoms with E-state index < -0.39 is 5.54 Å². The number of aromatic nitrogens is 1. The number of hydrogen-bond donors (Lipinski definition) is 0. The van der Waals surface area contributed by atoms with E-state index in [0.717, 1.165) is 19.6 Å². The number of likely N-dealkylation sites (N-methyl/N-ethyl adjacent to an activating group) is 1. The summed E-state index contributed by atoms with van der Waals surface area (Å²) in [6.07, 6.45) is 4.99. The number of likely N-dealkylation sites (tertiary alicyclic amines) is 1. The van der Waals surface area contributed by atoms with Gasteiger partial charge in [0.2, 0.25) is 0 Å². The number of rotatable bonds is 3. The minimum atomic E-state index is -0.643. The minimum Gasteiger partial charge on any atom is -0.312 e. The van der Waals surface area contributed by atoms with Gasteiger partial charge in [-0.1, -0.05) is 0 Å². The molecule has 1 aromatic rings. The van der Waals surface area contributed by atoms with Crippen LogP contribution in [0.4, 0.5) is 4.79 Å². The second kappa shape index (κ2) is 5.92. The van der Waals surface area contributed by atoms with Crippen molar-refractivity contribution < 1.29 is 9.59 Å². The van der Waals surface area contributed by atoms with Gasteiger partial charge in [0.05, 0.1) is 0 Å². The van der Waals surface area contributed by atoms with Crippen LogP contribution in [0.1, 0.15) is 32.3 Å². The molecular formula is C17H24N4O2. The number of carbonyl (C=O) groups excluding carboxylic acids is 2. The third-order valence-electron chi connectivity index (χ3n) is 5.11. The summed E-state index contributed by atoms with van der Waals surface area (Å²) in [7, 11) is 1.77. The average molecular weight is 316 g/mol. The van der Waals surface area contributed by atoms with Crippen molar-refractivity contribution in [3.05, 3.63) is 30.1 Å². The Labute approximate surface area is 137 Å². The zero-order valence-electron chi connectivity index (χ0n) is 14.0. The van der Waals surface area contributed by atoms with Gasteiger partial charge in [0, 0.05) is 45.1 Å². The van der Waals surface area contributed by atoms with E-state index in [0.29, 0.717) is 12.8 Å². The van der Waals surface area contributed by atoms with E-state index in [1.54, 1.807) is 24.3 Å². The van der Waals surface area contributed by atoms with E-state index in [4.69, 9.17) is 0 Å². The van der Waals surface area contributed by atoms with E-state index in [-0.39, 0.29) is 18.0 Å². The fourth-order valence-corrected chi connectivity index (χ4v) is 3.63. The normalized spacial score (nSPS) is 21.7. The third kappa shape index (κ3) is 2.61. The van der Waals surface area contributed by atoms with E-state index in [1.165, 1.54) is 10.5 Å². The molecular weight excluding hydrogens is 292 g/mol. The molecule has 1 aromatic heterocycles. The Balaban J connectivity index is 1.70. The second-order valence-corrected chi connectivity index (χ2v) is 6.77. The lowest BCUT2D eigenvalue weighted by molar-refractivity contribution is -0.136. The molecule has 0 atom stereocenters. The molecule has 2 aliphatic heterocycles. The minimum absolute atomic E-state index is 0.0245. The van der Waals surface area contributed by atoms with E-state index in [1.807, 2.05) is 26.0 Å². The average Bonchev–Trinajstić information content (AvgIpc) is 2.72. The van der Waals surface area contributed by atoms with Crippen molar-refractivity contribution in [1.82, 2.24) is 19.7 Å². The standard InChI is InChI=1S/C17H24N4O2/c1-13(2)21-15(22)17(19(3)16(21)23)6-10-20(11-7-17)12-14-4-8-18-9-5-14/h4-5,8-9,13H,6-7,10-12H2,1-3H3. The lowest BCUT2D eigenvalue weighted by atomic mass is 9.86. The molecule has 6 nitrogen and oxygen atoms in total. The summed E-state index contributed by atoms with van der Waals surface area (Å²) < 4.78 is 0. The number of carbonyl (C=O) groups is 2. The second-order valence-electron chi connectivity index (χ2n) is 6.77. The van der Waals surface area contributed by atoms with Crippen LogP contribution in [-0.4, -0.2) is 63.3 Å². The molecule has 2 aliphatic rings. The highest BCUT2D eigenvalue weighted by Gasteiger charge is 2.56. The van der Waals surface area contributed by atoms with Crippen LogP contribution in [0.15, 0.2) is 24.5 Å². The first-order valence-corrected chi connectivity index (χ1v) is 8.18. The maximum atomic E-state index is 12.8. The van der Waals surface area contributed by atoms with Crippen molar-refractivity contribution in [3.63, 3.8) is 0 Å². The van der Waals surface area contributed by atoms with Crippen LogP contribution in [0.3, 0.4) is 0 Å². The van der Waals surface area contributed by atoms with Gasteiger partial charge in [-0.3, -0.25) is 19.6 Å². The molecule has 2 fully saturated rings. The zero-order valence-corrected chi connectivity index (χ0v) is 14.0. The SMILES string of the molecule is CC(C)N1C(=O)N(C)C2(CCN(Cc3ccncc3)CC2)C1=O. The molecule has 0 unspecified atom stereocenters. The van der Waals surface area contributed by atoms with Gasteiger partial charge in [0.1, 0.15) is 5.54 Å². The molecule has 0 aliphatic carbocycles. The molecule has 3 heterocycles. The monoisotopic (exact) mass is 316 g/mol. The largest absolute Gasteiger partial charge is 0.327 e. The maximum absolute atomic E-state index is 12.8. The first kappa shape index (κ1) is 15.9. The van der Waals surface area contributed by atoms with Gasteiger partial charge < -0.3 is 4.90 Å². The number of hydrogen-bond acceptors (Lipinski definition) is 4. The highest BCUT2D eigenvalue weighted by Crippen LogP contribution is 2.37. The highest BCUT2D eigenvalue weighted by molar-refractivity contribution is 6.07. The molecule has 2 saturated heterocycles. The Kier molecular flexibility index (Phi) is 4.10. The maximum Gasteiger partial charge on any atom is 0.327 e. The fraction of sp³-hybridized carbons (Fsp3) is 0.588. The molecule has 6 heteroatoms. The van der Waals surface area contributed by atoms with Gasteiger partial charge in [-0.15, -0.1) is 0 Å². The van der Waals surface area contributed by atoms with Gasteiger partial charge >= 0.3 is 6.03 Å². The van der Waals surface area contributed by atoms with Crippen LogP contribution in [0.25, 0.3) is 0 Å². The first-order chi connectivity index (χ1) is 11.0. The van der Waals surface area contributed by atoms with Crippen molar-refractivity contribution in [2.75, 3.05) is 20.1 Å². The summed E-state index contributed by atoms with van der Waals surface area (Å²) in [5.74, 6) is -0.0245. The molecule has 3 amide bonds. The predicted octanol–water partition coefficient (Wildman–Crippen LogP) is 1.72. The lowest BCUT2D eigenvalue weighted by Crippen LogP contribution is -2.55. The lowest BCUT2D eigenvalue weighted by Gasteiger charge is -2.40. The van der Waals surface area contributed by atoms with Crippen LogP contribution in [0.5, 0.6) is 0 Å². The molecule has 124 valence electrons. The molecule has 3 rings (SSSR count). The number of pyridine rings is 1. The van der Waals surface area contributed by atoms with Crippen molar-refractivity contribution in [2.45, 2.75) is 44.8 Å². The number of piperidine rings is 1. The van der Waals surface area contributed by atoms with E-state index in [9.17, 15) is 9.59 Å². The van der Waals surface area contributed by atoms with Crippen LogP contribution in [-0.2, 0) is 11.3 Å². The van der Waals surface area contributed by atoms with Crippen molar-refractivity contribution in [2.24, 2.45) is 0 Å². The van der Waals surface area contributed by atoms with Gasteiger partial charge in [-0.25, -0.2) is 4.79 Å². The quantitative estimate of drug-likeness (QED) is 0.797. The number of nitrogens with zero attached hydrogens (tertiary/aromatic N) is 4. The van der Waals surface area contributed by atoms with Crippen LogP contribution < -0.4 is 0 Å².